The van der Waals surface area contributed by atoms with Crippen LogP contribution in [0.1, 0.15) is 57.3 Å². The summed E-state index contributed by atoms with van der Waals surface area (Å²) in [6.45, 7) is 2.38. The Labute approximate surface area is 177 Å². The summed E-state index contributed by atoms with van der Waals surface area (Å²) in [4.78, 5) is 19.4. The van der Waals surface area contributed by atoms with Gasteiger partial charge in [-0.05, 0) is 63.0 Å². The SMILES string of the molecule is O=C(NC1CCCCCC1)C1CCN(Cc2nc(-c3ccc(Cl)cc3)no2)CC1. The van der Waals surface area contributed by atoms with Gasteiger partial charge in [0, 0.05) is 22.5 Å². The molecule has 2 aromatic rings. The number of likely N-dealkylation sites (tertiary alicyclic amines) is 1. The van der Waals surface area contributed by atoms with E-state index >= 15 is 0 Å². The van der Waals surface area contributed by atoms with Crippen LogP contribution in [0.2, 0.25) is 5.02 Å². The predicted octanol–water partition coefficient (Wildman–Crippen LogP) is 4.44. The Bertz CT molecular complexity index is 791. The normalized spacial score (nSPS) is 19.8. The Morgan fingerprint density at radius 2 is 1.76 bits per heavy atom. The Morgan fingerprint density at radius 1 is 1.07 bits per heavy atom. The summed E-state index contributed by atoms with van der Waals surface area (Å²) < 4.78 is 5.42. The second kappa shape index (κ2) is 9.72. The summed E-state index contributed by atoms with van der Waals surface area (Å²) in [6, 6.07) is 7.79. The molecule has 0 unspecified atom stereocenters. The van der Waals surface area contributed by atoms with Gasteiger partial charge in [0.2, 0.25) is 17.6 Å². The van der Waals surface area contributed by atoms with E-state index in [1.54, 1.807) is 0 Å². The van der Waals surface area contributed by atoms with Crippen LogP contribution in [0.15, 0.2) is 28.8 Å². The van der Waals surface area contributed by atoms with Crippen LogP contribution in [0.4, 0.5) is 0 Å². The second-order valence-corrected chi connectivity index (χ2v) is 8.70. The Kier molecular flexibility index (Phi) is 6.82. The summed E-state index contributed by atoms with van der Waals surface area (Å²) in [5.74, 6) is 1.56. The van der Waals surface area contributed by atoms with Gasteiger partial charge in [-0.2, -0.15) is 4.98 Å². The molecule has 0 bridgehead atoms. The van der Waals surface area contributed by atoms with Crippen LogP contribution in [-0.2, 0) is 11.3 Å². The average molecular weight is 417 g/mol. The molecule has 0 spiro atoms. The average Bonchev–Trinajstić information content (AvgIpc) is 3.04. The number of hydrogen-bond donors (Lipinski definition) is 1. The number of nitrogens with zero attached hydrogens (tertiary/aromatic N) is 3. The lowest BCUT2D eigenvalue weighted by atomic mass is 9.95. The molecule has 2 heterocycles. The number of carbonyl (C=O) groups excluding carboxylic acids is 1. The maximum Gasteiger partial charge on any atom is 0.241 e. The molecule has 1 N–H and O–H groups in total. The number of hydrogen-bond acceptors (Lipinski definition) is 5. The van der Waals surface area contributed by atoms with Crippen LogP contribution < -0.4 is 5.32 Å². The van der Waals surface area contributed by atoms with Crippen molar-refractivity contribution >= 4 is 17.5 Å². The van der Waals surface area contributed by atoms with Crippen LogP contribution in [-0.4, -0.2) is 40.1 Å². The standard InChI is InChI=1S/C22H29ClN4O2/c23-18-9-7-16(8-10-18)21-25-20(29-26-21)15-27-13-11-17(12-14-27)22(28)24-19-5-3-1-2-4-6-19/h7-10,17,19H,1-6,11-15H2,(H,24,28). The number of piperidine rings is 1. The molecule has 2 aliphatic rings. The highest BCUT2D eigenvalue weighted by Gasteiger charge is 2.27. The van der Waals surface area contributed by atoms with E-state index in [-0.39, 0.29) is 11.8 Å². The fourth-order valence-corrected chi connectivity index (χ4v) is 4.45. The fraction of sp³-hybridized carbons (Fsp3) is 0.591. The van der Waals surface area contributed by atoms with Gasteiger partial charge in [-0.1, -0.05) is 42.4 Å². The van der Waals surface area contributed by atoms with Gasteiger partial charge in [0.05, 0.1) is 6.54 Å². The zero-order valence-corrected chi connectivity index (χ0v) is 17.5. The zero-order chi connectivity index (χ0) is 20.1. The maximum atomic E-state index is 12.6. The summed E-state index contributed by atoms with van der Waals surface area (Å²) in [7, 11) is 0. The highest BCUT2D eigenvalue weighted by Crippen LogP contribution is 2.23. The van der Waals surface area contributed by atoms with Gasteiger partial charge in [0.1, 0.15) is 0 Å². The second-order valence-electron chi connectivity index (χ2n) is 8.27. The van der Waals surface area contributed by atoms with Gasteiger partial charge >= 0.3 is 0 Å². The molecule has 0 atom stereocenters. The van der Waals surface area contributed by atoms with Crippen molar-refractivity contribution < 1.29 is 9.32 Å². The van der Waals surface area contributed by atoms with Crippen molar-refractivity contribution in [2.24, 2.45) is 5.92 Å². The lowest BCUT2D eigenvalue weighted by molar-refractivity contribution is -0.127. The molecule has 2 fully saturated rings. The highest BCUT2D eigenvalue weighted by molar-refractivity contribution is 6.30. The molecule has 1 saturated heterocycles. The summed E-state index contributed by atoms with van der Waals surface area (Å²) in [5, 5.41) is 8.07. The van der Waals surface area contributed by atoms with Gasteiger partial charge in [0.15, 0.2) is 0 Å². The van der Waals surface area contributed by atoms with Crippen LogP contribution in [0.25, 0.3) is 11.4 Å². The molecule has 29 heavy (non-hydrogen) atoms. The lowest BCUT2D eigenvalue weighted by Gasteiger charge is -2.31. The Balaban J connectivity index is 1.24. The largest absolute Gasteiger partial charge is 0.353 e. The zero-order valence-electron chi connectivity index (χ0n) is 16.8. The van der Waals surface area contributed by atoms with E-state index < -0.39 is 0 Å². The van der Waals surface area contributed by atoms with E-state index in [0.717, 1.165) is 44.3 Å². The Morgan fingerprint density at radius 3 is 2.45 bits per heavy atom. The van der Waals surface area contributed by atoms with Gasteiger partial charge in [-0.15, -0.1) is 0 Å². The minimum Gasteiger partial charge on any atom is -0.353 e. The lowest BCUT2D eigenvalue weighted by Crippen LogP contribution is -2.43. The molecule has 1 saturated carbocycles. The van der Waals surface area contributed by atoms with E-state index in [2.05, 4.69) is 20.4 Å². The number of halogens is 1. The summed E-state index contributed by atoms with van der Waals surface area (Å²) in [5.41, 5.74) is 0.887. The van der Waals surface area contributed by atoms with Gasteiger partial charge in [-0.3, -0.25) is 9.69 Å². The van der Waals surface area contributed by atoms with E-state index in [1.807, 2.05) is 24.3 Å². The van der Waals surface area contributed by atoms with Gasteiger partial charge < -0.3 is 9.84 Å². The van der Waals surface area contributed by atoms with Crippen molar-refractivity contribution in [1.29, 1.82) is 0 Å². The molecular weight excluding hydrogens is 388 g/mol. The number of amides is 1. The third-order valence-corrected chi connectivity index (χ3v) is 6.34. The Hall–Kier alpha value is -1.92. The first-order chi connectivity index (χ1) is 14.2. The summed E-state index contributed by atoms with van der Waals surface area (Å²) in [6.07, 6.45) is 9.14. The number of benzene rings is 1. The van der Waals surface area contributed by atoms with E-state index in [1.165, 1.54) is 25.7 Å². The molecule has 1 aliphatic carbocycles. The van der Waals surface area contributed by atoms with Crippen molar-refractivity contribution in [2.75, 3.05) is 13.1 Å². The summed E-state index contributed by atoms with van der Waals surface area (Å²) >= 11 is 5.93. The van der Waals surface area contributed by atoms with Crippen molar-refractivity contribution in [1.82, 2.24) is 20.4 Å². The first-order valence-electron chi connectivity index (χ1n) is 10.8. The predicted molar refractivity (Wildman–Crippen MR) is 112 cm³/mol. The molecule has 6 nitrogen and oxygen atoms in total. The van der Waals surface area contributed by atoms with Gasteiger partial charge in [-0.25, -0.2) is 0 Å². The number of nitrogens with one attached hydrogen (secondary N) is 1. The molecule has 156 valence electrons. The number of rotatable bonds is 5. The van der Waals surface area contributed by atoms with Crippen molar-refractivity contribution in [2.45, 2.75) is 64.0 Å². The molecule has 1 amide bonds. The van der Waals surface area contributed by atoms with E-state index in [9.17, 15) is 4.79 Å². The maximum absolute atomic E-state index is 12.6. The topological polar surface area (TPSA) is 71.3 Å². The fourth-order valence-electron chi connectivity index (χ4n) is 4.32. The van der Waals surface area contributed by atoms with Crippen LogP contribution in [0.5, 0.6) is 0 Å². The minimum absolute atomic E-state index is 0.127. The van der Waals surface area contributed by atoms with Crippen molar-refractivity contribution in [3.8, 4) is 11.4 Å². The van der Waals surface area contributed by atoms with E-state index in [0.29, 0.717) is 29.3 Å². The van der Waals surface area contributed by atoms with Crippen molar-refractivity contribution in [3.05, 3.63) is 35.2 Å². The highest BCUT2D eigenvalue weighted by atomic mass is 35.5. The molecular formula is C22H29ClN4O2. The van der Waals surface area contributed by atoms with Crippen LogP contribution in [0.3, 0.4) is 0 Å². The number of carbonyl (C=O) groups is 1. The van der Waals surface area contributed by atoms with Crippen LogP contribution in [0, 0.1) is 5.92 Å². The molecule has 1 aromatic heterocycles. The van der Waals surface area contributed by atoms with Crippen LogP contribution >= 0.6 is 11.6 Å². The smallest absolute Gasteiger partial charge is 0.241 e. The third-order valence-electron chi connectivity index (χ3n) is 6.09. The minimum atomic E-state index is 0.127. The first-order valence-corrected chi connectivity index (χ1v) is 11.2. The molecule has 1 aromatic carbocycles. The third kappa shape index (κ3) is 5.58. The quantitative estimate of drug-likeness (QED) is 0.729. The molecule has 1 aliphatic heterocycles. The van der Waals surface area contributed by atoms with Crippen molar-refractivity contribution in [3.63, 3.8) is 0 Å². The van der Waals surface area contributed by atoms with E-state index in [4.69, 9.17) is 16.1 Å². The molecule has 4 rings (SSSR count). The molecule has 0 radical (unpaired) electrons. The molecule has 7 heteroatoms. The number of aromatic nitrogens is 2. The monoisotopic (exact) mass is 416 g/mol. The first kappa shape index (κ1) is 20.4. The van der Waals surface area contributed by atoms with Gasteiger partial charge in [0.25, 0.3) is 0 Å².